The fraction of sp³-hybridized carbons (Fsp3) is 0.206. The molecule has 4 aromatic rings. The molecule has 2 heteroatoms. The summed E-state index contributed by atoms with van der Waals surface area (Å²) in [5.74, 6) is 1.91. The molecule has 0 saturated carbocycles. The molecule has 7 rings (SSSR count). The molecule has 3 atom stereocenters. The predicted octanol–water partition coefficient (Wildman–Crippen LogP) is 6.41. The van der Waals surface area contributed by atoms with Crippen molar-refractivity contribution in [2.24, 2.45) is 11.8 Å². The van der Waals surface area contributed by atoms with Gasteiger partial charge in [-0.1, -0.05) is 116 Å². The molecule has 3 aliphatic rings. The van der Waals surface area contributed by atoms with Crippen LogP contribution >= 0.6 is 0 Å². The Labute approximate surface area is 212 Å². The van der Waals surface area contributed by atoms with Gasteiger partial charge in [-0.15, -0.1) is 0 Å². The van der Waals surface area contributed by atoms with E-state index in [0.29, 0.717) is 5.92 Å². The van der Waals surface area contributed by atoms with E-state index < -0.39 is 0 Å². The average Bonchev–Trinajstić information content (AvgIpc) is 3.43. The summed E-state index contributed by atoms with van der Waals surface area (Å²) in [6.07, 6.45) is 11.7. The standard InChI is InChI=1S/C34H30N2/c1-23-17-18-31-32(19-23)36-33(35-31)29-15-9-10-16-30(29)34(36,2)28-21-26(24-11-5-3-6-12-24)20-27(22-28)25-13-7-4-8-14-25/h3-16,18-21,23,28H,17,22H2,1-2H3. The molecule has 0 N–H and O–H groups in total. The summed E-state index contributed by atoms with van der Waals surface area (Å²) in [6, 6.07) is 30.6. The molecule has 3 aromatic carbocycles. The van der Waals surface area contributed by atoms with Crippen molar-refractivity contribution in [3.8, 4) is 11.4 Å². The van der Waals surface area contributed by atoms with E-state index in [1.165, 1.54) is 38.7 Å². The molecule has 176 valence electrons. The number of aromatic nitrogens is 2. The Morgan fingerprint density at radius 2 is 1.53 bits per heavy atom. The molecular weight excluding hydrogens is 436 g/mol. The molecule has 0 spiro atoms. The third kappa shape index (κ3) is 3.14. The third-order valence-electron chi connectivity index (χ3n) is 8.37. The van der Waals surface area contributed by atoms with Crippen molar-refractivity contribution in [3.63, 3.8) is 0 Å². The zero-order valence-corrected chi connectivity index (χ0v) is 20.9. The van der Waals surface area contributed by atoms with Gasteiger partial charge in [-0.3, -0.25) is 0 Å². The first kappa shape index (κ1) is 21.4. The summed E-state index contributed by atoms with van der Waals surface area (Å²) in [5.41, 5.74) is 7.69. The van der Waals surface area contributed by atoms with E-state index in [-0.39, 0.29) is 11.5 Å². The molecule has 0 amide bonds. The van der Waals surface area contributed by atoms with Crippen LogP contribution in [0.5, 0.6) is 0 Å². The molecule has 36 heavy (non-hydrogen) atoms. The van der Waals surface area contributed by atoms with E-state index in [2.05, 4.69) is 128 Å². The van der Waals surface area contributed by atoms with Gasteiger partial charge in [-0.2, -0.15) is 0 Å². The SMILES string of the molecule is CC1C=c2c(nc3n2C(C)(C2C=C(c4ccccc4)C=C(c4ccccc4)C2)c2ccccc2-3)=CC1. The minimum absolute atomic E-state index is 0.234. The zero-order valence-electron chi connectivity index (χ0n) is 20.9. The van der Waals surface area contributed by atoms with E-state index in [0.717, 1.165) is 24.0 Å². The van der Waals surface area contributed by atoms with E-state index in [1.807, 2.05) is 0 Å². The quantitative estimate of drug-likeness (QED) is 0.341. The highest BCUT2D eigenvalue weighted by Crippen LogP contribution is 2.50. The van der Waals surface area contributed by atoms with Gasteiger partial charge in [0.25, 0.3) is 0 Å². The van der Waals surface area contributed by atoms with Crippen LogP contribution in [0.3, 0.4) is 0 Å². The number of fused-ring (bicyclic) bond motifs is 5. The second kappa shape index (κ2) is 8.06. The lowest BCUT2D eigenvalue weighted by Crippen LogP contribution is -2.46. The van der Waals surface area contributed by atoms with Crippen LogP contribution in [0.1, 0.15) is 43.4 Å². The van der Waals surface area contributed by atoms with Crippen LogP contribution in [0.2, 0.25) is 0 Å². The number of hydrogen-bond donors (Lipinski definition) is 0. The van der Waals surface area contributed by atoms with Gasteiger partial charge in [0.2, 0.25) is 0 Å². The Balaban J connectivity index is 1.48. The molecule has 1 aromatic heterocycles. The van der Waals surface area contributed by atoms with Gasteiger partial charge in [-0.25, -0.2) is 4.98 Å². The topological polar surface area (TPSA) is 17.8 Å². The van der Waals surface area contributed by atoms with E-state index in [9.17, 15) is 0 Å². The second-order valence-corrected chi connectivity index (χ2v) is 10.7. The van der Waals surface area contributed by atoms with Crippen LogP contribution in [0.15, 0.2) is 97.1 Å². The number of rotatable bonds is 3. The summed E-state index contributed by atoms with van der Waals surface area (Å²) in [5, 5.41) is 2.43. The molecule has 1 aliphatic heterocycles. The molecule has 3 unspecified atom stereocenters. The maximum atomic E-state index is 5.19. The number of nitrogens with zero attached hydrogens (tertiary/aromatic N) is 2. The lowest BCUT2D eigenvalue weighted by molar-refractivity contribution is 0.302. The maximum Gasteiger partial charge on any atom is 0.142 e. The molecule has 0 radical (unpaired) electrons. The minimum atomic E-state index is -0.234. The first-order chi connectivity index (χ1) is 17.6. The summed E-state index contributed by atoms with van der Waals surface area (Å²) in [4.78, 5) is 5.19. The molecule has 0 bridgehead atoms. The Hall–Kier alpha value is -3.91. The largest absolute Gasteiger partial charge is 0.313 e. The Morgan fingerprint density at radius 1 is 0.833 bits per heavy atom. The third-order valence-corrected chi connectivity index (χ3v) is 8.37. The molecule has 2 aliphatic carbocycles. The number of allylic oxidation sites excluding steroid dienone is 4. The maximum absolute atomic E-state index is 5.19. The van der Waals surface area contributed by atoms with Crippen molar-refractivity contribution in [1.82, 2.24) is 9.55 Å². The van der Waals surface area contributed by atoms with Crippen molar-refractivity contribution < 1.29 is 0 Å². The van der Waals surface area contributed by atoms with Gasteiger partial charge < -0.3 is 4.57 Å². The van der Waals surface area contributed by atoms with Crippen molar-refractivity contribution >= 4 is 23.3 Å². The molecule has 0 saturated heterocycles. The highest BCUT2D eigenvalue weighted by molar-refractivity contribution is 5.87. The second-order valence-electron chi connectivity index (χ2n) is 10.7. The molecular formula is C34H30N2. The van der Waals surface area contributed by atoms with Crippen molar-refractivity contribution in [1.29, 1.82) is 0 Å². The molecule has 2 nitrogen and oxygen atoms in total. The highest BCUT2D eigenvalue weighted by Gasteiger charge is 2.46. The first-order valence-corrected chi connectivity index (χ1v) is 13.1. The van der Waals surface area contributed by atoms with Crippen molar-refractivity contribution in [3.05, 3.63) is 124 Å². The van der Waals surface area contributed by atoms with Gasteiger partial charge in [0.05, 0.1) is 16.2 Å². The van der Waals surface area contributed by atoms with Gasteiger partial charge in [0.1, 0.15) is 5.82 Å². The fourth-order valence-electron chi connectivity index (χ4n) is 6.48. The molecule has 0 fully saturated rings. The lowest BCUT2D eigenvalue weighted by Gasteiger charge is -2.38. The van der Waals surface area contributed by atoms with E-state index in [1.54, 1.807) is 0 Å². The normalized spacial score (nSPS) is 23.9. The van der Waals surface area contributed by atoms with Crippen molar-refractivity contribution in [2.45, 2.75) is 32.2 Å². The Morgan fingerprint density at radius 3 is 2.31 bits per heavy atom. The van der Waals surface area contributed by atoms with Crippen LogP contribution in [-0.4, -0.2) is 9.55 Å². The number of imidazole rings is 1. The summed E-state index contributed by atoms with van der Waals surface area (Å²) in [7, 11) is 0. The molecule has 2 heterocycles. The Bertz CT molecular complexity index is 1650. The predicted molar refractivity (Wildman–Crippen MR) is 149 cm³/mol. The van der Waals surface area contributed by atoms with Crippen molar-refractivity contribution in [2.75, 3.05) is 0 Å². The van der Waals surface area contributed by atoms with Crippen LogP contribution in [0, 0.1) is 11.8 Å². The van der Waals surface area contributed by atoms with Crippen LogP contribution in [-0.2, 0) is 5.54 Å². The van der Waals surface area contributed by atoms with Crippen LogP contribution < -0.4 is 10.7 Å². The number of hydrogen-bond acceptors (Lipinski definition) is 1. The summed E-state index contributed by atoms with van der Waals surface area (Å²) < 4.78 is 2.57. The van der Waals surface area contributed by atoms with E-state index >= 15 is 0 Å². The Kier molecular flexibility index (Phi) is 4.79. The lowest BCUT2D eigenvalue weighted by atomic mass is 9.72. The van der Waals surface area contributed by atoms with Gasteiger partial charge >= 0.3 is 0 Å². The zero-order chi connectivity index (χ0) is 24.3. The van der Waals surface area contributed by atoms with Crippen LogP contribution in [0.4, 0.5) is 0 Å². The first-order valence-electron chi connectivity index (χ1n) is 13.1. The van der Waals surface area contributed by atoms with E-state index in [4.69, 9.17) is 4.98 Å². The highest BCUT2D eigenvalue weighted by atomic mass is 15.2. The monoisotopic (exact) mass is 466 g/mol. The van der Waals surface area contributed by atoms with Crippen LogP contribution in [0.25, 0.3) is 34.7 Å². The fourth-order valence-corrected chi connectivity index (χ4v) is 6.48. The van der Waals surface area contributed by atoms with Gasteiger partial charge in [0.15, 0.2) is 0 Å². The summed E-state index contributed by atoms with van der Waals surface area (Å²) >= 11 is 0. The van der Waals surface area contributed by atoms with Gasteiger partial charge in [-0.05, 0) is 53.5 Å². The minimum Gasteiger partial charge on any atom is -0.313 e. The van der Waals surface area contributed by atoms with Gasteiger partial charge in [0, 0.05) is 11.5 Å². The summed E-state index contributed by atoms with van der Waals surface area (Å²) in [6.45, 7) is 4.75. The average molecular weight is 467 g/mol. The number of benzene rings is 3. The smallest absolute Gasteiger partial charge is 0.142 e.